The molecule has 0 saturated carbocycles. The predicted octanol–water partition coefficient (Wildman–Crippen LogP) is 1.09. The number of hydrogen-bond donors (Lipinski definition) is 9. The quantitative estimate of drug-likeness (QED) is 0.112. The summed E-state index contributed by atoms with van der Waals surface area (Å²) in [5, 5.41) is 50.8. The summed E-state index contributed by atoms with van der Waals surface area (Å²) in [7, 11) is 0. The van der Waals surface area contributed by atoms with Crippen LogP contribution in [0.25, 0.3) is 34.1 Å². The van der Waals surface area contributed by atoms with E-state index in [-0.39, 0.29) is 28.0 Å². The third kappa shape index (κ3) is 5.57. The third-order valence-electron chi connectivity index (χ3n) is 9.87. The van der Waals surface area contributed by atoms with Gasteiger partial charge in [0.2, 0.25) is 5.95 Å². The molecule has 2 fully saturated rings. The van der Waals surface area contributed by atoms with Gasteiger partial charge in [0.25, 0.3) is 11.1 Å². The Bertz CT molecular complexity index is 2300. The van der Waals surface area contributed by atoms with Gasteiger partial charge in [0.15, 0.2) is 0 Å². The van der Waals surface area contributed by atoms with Crippen LogP contribution in [0.5, 0.6) is 0 Å². The van der Waals surface area contributed by atoms with E-state index in [4.69, 9.17) is 4.98 Å². The molecule has 4 aromatic heterocycles. The molecule has 8 rings (SSSR count). The van der Waals surface area contributed by atoms with Gasteiger partial charge in [-0.1, -0.05) is 72.8 Å². The van der Waals surface area contributed by atoms with Gasteiger partial charge in [-0.15, -0.1) is 0 Å². The Labute approximate surface area is 284 Å². The van der Waals surface area contributed by atoms with E-state index in [1.54, 1.807) is 18.5 Å². The Hall–Kier alpha value is -5.22. The largest absolute Gasteiger partial charge is 0.389 e. The first-order chi connectivity index (χ1) is 24.3. The van der Waals surface area contributed by atoms with Crippen LogP contribution in [0.15, 0.2) is 95.0 Å². The first-order valence-corrected chi connectivity index (χ1v) is 16.5. The van der Waals surface area contributed by atoms with Crippen LogP contribution in [0.3, 0.4) is 0 Å². The fraction of sp³-hybridized carbons (Fsp3) is 0.278. The second-order valence-corrected chi connectivity index (χ2v) is 12.9. The van der Waals surface area contributed by atoms with Crippen LogP contribution in [0.2, 0.25) is 0 Å². The maximum absolute atomic E-state index is 13.4. The number of aromatic nitrogens is 6. The average molecular weight is 677 g/mol. The molecule has 2 aliphatic heterocycles. The highest BCUT2D eigenvalue weighted by molar-refractivity contribution is 5.83. The van der Waals surface area contributed by atoms with E-state index in [0.29, 0.717) is 24.0 Å². The van der Waals surface area contributed by atoms with Gasteiger partial charge in [0, 0.05) is 29.6 Å². The van der Waals surface area contributed by atoms with Crippen LogP contribution >= 0.6 is 0 Å². The average Bonchev–Trinajstić information content (AvgIpc) is 3.88. The number of aliphatic hydroxyl groups is 4. The summed E-state index contributed by atoms with van der Waals surface area (Å²) < 4.78 is 1.40. The highest BCUT2D eigenvalue weighted by Gasteiger charge is 2.44. The van der Waals surface area contributed by atoms with Gasteiger partial charge in [-0.25, -0.2) is 9.97 Å². The summed E-state index contributed by atoms with van der Waals surface area (Å²) in [6.45, 7) is 0. The molecule has 0 radical (unpaired) electrons. The molecule has 50 heavy (non-hydrogen) atoms. The molecule has 2 aliphatic rings. The molecular weight excluding hydrogens is 640 g/mol. The summed E-state index contributed by atoms with van der Waals surface area (Å²) >= 11 is 0. The number of nitrogens with zero attached hydrogens (tertiary/aromatic N) is 3. The van der Waals surface area contributed by atoms with Crippen LogP contribution < -0.4 is 21.8 Å². The molecule has 14 heteroatoms. The number of nitrogens with one attached hydrogen (secondary N) is 5. The Kier molecular flexibility index (Phi) is 8.27. The Morgan fingerprint density at radius 3 is 2.28 bits per heavy atom. The maximum atomic E-state index is 13.4. The predicted molar refractivity (Wildman–Crippen MR) is 186 cm³/mol. The zero-order valence-corrected chi connectivity index (χ0v) is 26.6. The molecule has 2 saturated heterocycles. The van der Waals surface area contributed by atoms with Crippen LogP contribution in [0, 0.1) is 0 Å². The number of aliphatic hydroxyl groups excluding tert-OH is 4. The van der Waals surface area contributed by atoms with E-state index in [1.807, 2.05) is 66.7 Å². The van der Waals surface area contributed by atoms with Gasteiger partial charge in [-0.3, -0.25) is 24.5 Å². The van der Waals surface area contributed by atoms with Crippen molar-refractivity contribution in [3.05, 3.63) is 128 Å². The van der Waals surface area contributed by atoms with Gasteiger partial charge in [-0.05, 0) is 24.0 Å². The van der Waals surface area contributed by atoms with Gasteiger partial charge in [0.1, 0.15) is 40.4 Å². The topological polar surface area (TPSA) is 217 Å². The van der Waals surface area contributed by atoms with Crippen molar-refractivity contribution in [1.82, 2.24) is 40.1 Å². The van der Waals surface area contributed by atoms with Crippen molar-refractivity contribution in [3.63, 3.8) is 0 Å². The van der Waals surface area contributed by atoms with Crippen molar-refractivity contribution in [3.8, 4) is 5.95 Å². The number of fused-ring (bicyclic) bond motifs is 2. The molecule has 6 heterocycles. The molecule has 9 N–H and O–H groups in total. The lowest BCUT2D eigenvalue weighted by Crippen LogP contribution is -2.33. The van der Waals surface area contributed by atoms with Gasteiger partial charge in [-0.2, -0.15) is 0 Å². The number of rotatable bonds is 8. The molecule has 0 amide bonds. The highest BCUT2D eigenvalue weighted by Crippen LogP contribution is 2.35. The van der Waals surface area contributed by atoms with Gasteiger partial charge < -0.3 is 35.7 Å². The molecule has 2 aromatic carbocycles. The molecule has 0 bridgehead atoms. The zero-order chi connectivity index (χ0) is 34.5. The molecule has 8 atom stereocenters. The van der Waals surface area contributed by atoms with E-state index >= 15 is 0 Å². The van der Waals surface area contributed by atoms with E-state index in [2.05, 4.69) is 30.6 Å². The van der Waals surface area contributed by atoms with E-state index in [0.717, 1.165) is 11.1 Å². The van der Waals surface area contributed by atoms with Crippen LogP contribution in [-0.4, -0.2) is 86.4 Å². The highest BCUT2D eigenvalue weighted by atomic mass is 16.3. The lowest BCUT2D eigenvalue weighted by Gasteiger charge is -2.15. The minimum atomic E-state index is -1.25. The Morgan fingerprint density at radius 1 is 0.780 bits per heavy atom. The molecule has 0 aliphatic carbocycles. The maximum Gasteiger partial charge on any atom is 0.276 e. The summed E-state index contributed by atoms with van der Waals surface area (Å²) in [5.74, 6) is 0.000298. The fourth-order valence-corrected chi connectivity index (χ4v) is 7.25. The standard InChI is InChI=1S/C36H36N8O6/c45-30-22(13-11-18-7-3-1-4-8-18)40-26(32(30)47)20-15-37-28-24(20)42-36(43-34(28)49)44-16-21(25-29(44)35(50)39-17-38-25)27-33(48)31(46)23(41-27)14-12-19-9-5-2-6-10-19/h1-10,12,14-17,22-23,26-27,30-33,37,40-41,45-48H,11,13H2,(H,38,39,50)(H,42,43,49). The van der Waals surface area contributed by atoms with Crippen LogP contribution in [-0.2, 0) is 6.42 Å². The molecule has 0 spiro atoms. The summed E-state index contributed by atoms with van der Waals surface area (Å²) in [6.07, 6.45) is 4.66. The normalized spacial score (nSPS) is 26.9. The Morgan fingerprint density at radius 2 is 1.50 bits per heavy atom. The monoisotopic (exact) mass is 676 g/mol. The number of H-pyrrole nitrogens is 3. The Balaban J connectivity index is 1.14. The first-order valence-electron chi connectivity index (χ1n) is 16.5. The van der Waals surface area contributed by atoms with Crippen molar-refractivity contribution in [2.24, 2.45) is 0 Å². The molecule has 6 aromatic rings. The molecular formula is C36H36N8O6. The molecule has 256 valence electrons. The van der Waals surface area contributed by atoms with E-state index in [1.165, 1.54) is 10.9 Å². The number of benzene rings is 2. The van der Waals surface area contributed by atoms with E-state index < -0.39 is 59.7 Å². The lowest BCUT2D eigenvalue weighted by atomic mass is 9.99. The van der Waals surface area contributed by atoms with Crippen molar-refractivity contribution in [2.45, 2.75) is 61.4 Å². The smallest absolute Gasteiger partial charge is 0.276 e. The van der Waals surface area contributed by atoms with E-state index in [9.17, 15) is 30.0 Å². The van der Waals surface area contributed by atoms with Gasteiger partial charge >= 0.3 is 0 Å². The van der Waals surface area contributed by atoms with Crippen LogP contribution in [0.4, 0.5) is 0 Å². The van der Waals surface area contributed by atoms with Crippen molar-refractivity contribution in [2.75, 3.05) is 0 Å². The fourth-order valence-electron chi connectivity index (χ4n) is 7.25. The van der Waals surface area contributed by atoms with Gasteiger partial charge in [0.05, 0.1) is 30.6 Å². The summed E-state index contributed by atoms with van der Waals surface area (Å²) in [6, 6.07) is 16.9. The lowest BCUT2D eigenvalue weighted by molar-refractivity contribution is 0.0270. The summed E-state index contributed by atoms with van der Waals surface area (Å²) in [5.41, 5.74) is 2.64. The second kappa shape index (κ2) is 12.9. The third-order valence-corrected chi connectivity index (χ3v) is 9.87. The van der Waals surface area contributed by atoms with Crippen molar-refractivity contribution in [1.29, 1.82) is 0 Å². The zero-order valence-electron chi connectivity index (χ0n) is 26.6. The number of hydrogen-bond acceptors (Lipinski definition) is 10. The SMILES string of the molecule is O=c1[nH]c(-n2cc(C3NC(C=Cc4ccccc4)C(O)C3O)c3nc[nH]c(=O)c32)nc2c(C3NC(CCc4ccccc4)C(O)C3O)c[nH]c12. The van der Waals surface area contributed by atoms with Crippen molar-refractivity contribution < 1.29 is 20.4 Å². The molecule has 14 nitrogen and oxygen atoms in total. The first kappa shape index (κ1) is 32.0. The number of aromatic amines is 3. The summed E-state index contributed by atoms with van der Waals surface area (Å²) in [4.78, 5) is 44.1. The minimum Gasteiger partial charge on any atom is -0.389 e. The molecule has 8 unspecified atom stereocenters. The number of aryl methyl sites for hydroxylation is 1. The second-order valence-electron chi connectivity index (χ2n) is 12.9. The minimum absolute atomic E-state index is 0.000298. The van der Waals surface area contributed by atoms with Crippen molar-refractivity contribution >= 4 is 28.1 Å². The van der Waals surface area contributed by atoms with Crippen LogP contribution in [0.1, 0.15) is 40.8 Å².